The summed E-state index contributed by atoms with van der Waals surface area (Å²) in [5, 5.41) is 0. The van der Waals surface area contributed by atoms with E-state index in [2.05, 4.69) is 94.3 Å². The number of hydrogen-bond donors (Lipinski definition) is 0. The van der Waals surface area contributed by atoms with Gasteiger partial charge in [0, 0.05) is 118 Å². The van der Waals surface area contributed by atoms with Gasteiger partial charge < -0.3 is 14.7 Å². The Labute approximate surface area is 539 Å². The van der Waals surface area contributed by atoms with Gasteiger partial charge in [-0.25, -0.2) is 0 Å². The highest BCUT2D eigenvalue weighted by atomic mass is 79.9. The van der Waals surface area contributed by atoms with Crippen molar-refractivity contribution in [2.45, 2.75) is 0 Å². The summed E-state index contributed by atoms with van der Waals surface area (Å²) in [7, 11) is 0. The van der Waals surface area contributed by atoms with Crippen LogP contribution in [0.5, 0.6) is 0 Å². The predicted octanol–water partition coefficient (Wildman–Crippen LogP) is 21.9. The number of benzene rings is 11. The first-order chi connectivity index (χ1) is 41.9. The van der Waals surface area contributed by atoms with E-state index in [1.54, 1.807) is 48.5 Å². The lowest BCUT2D eigenvalue weighted by molar-refractivity contribution is 0.101. The third-order valence-corrected chi connectivity index (χ3v) is 18.0. The summed E-state index contributed by atoms with van der Waals surface area (Å²) in [6.45, 7) is 0. The minimum Gasteiger partial charge on any atom is -0.311 e. The second-order valence-corrected chi connectivity index (χ2v) is 25.1. The third kappa shape index (κ3) is 10.9. The molecule has 0 radical (unpaired) electrons. The molecule has 0 fully saturated rings. The molecular weight excluding hydrogens is 1390 g/mol. The highest BCUT2D eigenvalue weighted by molar-refractivity contribution is 9.11. The van der Waals surface area contributed by atoms with Crippen LogP contribution in [0.15, 0.2) is 289 Å². The van der Waals surface area contributed by atoms with Gasteiger partial charge >= 0.3 is 0 Å². The minimum absolute atomic E-state index is 0.238. The SMILES string of the molecule is O=C1C(c2ccc(N(c3ccc(Br)cc3)c3ccc(Br)cc3)cc2)=C(c2ccc(N(c3ccc(Br)cc3)c3ccc(C4=C(c5ccc(N(c6ccc(Br)cc6)c6ccc(Br)cc6)cc5)C(=O)c5ccccc5C4=O)cc3)cc2)C(=O)c2ccccc21. The lowest BCUT2D eigenvalue weighted by atomic mass is 9.78. The number of anilines is 9. The molecule has 0 heterocycles. The summed E-state index contributed by atoms with van der Waals surface area (Å²) in [5.74, 6) is -0.966. The van der Waals surface area contributed by atoms with E-state index in [1.807, 2.05) is 218 Å². The standard InChI is InChI=1S/C74H44Br5N3O4/c75-49-17-35-58(36-18-49)80(54-27-9-45(10-28-54)67-69(73(85)65-7-3-1-5-63(65)71(67)83)47-13-31-56(32-14-47)81(59-37-19-50(76)20-38-59)60-39-21-51(77)22-40-60)55-29-11-46(12-30-55)68-70(74(86)66-8-4-2-6-64(66)72(68)84)48-15-33-57(34-16-48)82(61-41-23-52(78)24-42-61)62-43-25-53(79)26-44-62/h1-44H. The van der Waals surface area contributed by atoms with Crippen LogP contribution in [-0.4, -0.2) is 23.1 Å². The van der Waals surface area contributed by atoms with Crippen LogP contribution < -0.4 is 14.7 Å². The maximum absolute atomic E-state index is 14.9. The monoisotopic (exact) mass is 1430 g/mol. The smallest absolute Gasteiger partial charge is 0.195 e. The van der Waals surface area contributed by atoms with E-state index >= 15 is 0 Å². The molecule has 414 valence electrons. The summed E-state index contributed by atoms with van der Waals surface area (Å²) >= 11 is 17.9. The van der Waals surface area contributed by atoms with Crippen molar-refractivity contribution in [3.63, 3.8) is 0 Å². The number of nitrogens with zero attached hydrogens (tertiary/aromatic N) is 3. The number of fused-ring (bicyclic) bond motifs is 2. The molecule has 0 aromatic heterocycles. The number of carbonyl (C=O) groups excluding carboxylic acids is 4. The molecule has 0 saturated carbocycles. The van der Waals surface area contributed by atoms with Crippen LogP contribution >= 0.6 is 79.6 Å². The first-order valence-corrected chi connectivity index (χ1v) is 31.3. The van der Waals surface area contributed by atoms with Gasteiger partial charge in [-0.2, -0.15) is 0 Å². The van der Waals surface area contributed by atoms with Gasteiger partial charge in [0.2, 0.25) is 0 Å². The Balaban J connectivity index is 0.876. The molecular formula is C74H44Br5N3O4. The van der Waals surface area contributed by atoms with Crippen LogP contribution in [-0.2, 0) is 0 Å². The minimum atomic E-state index is -0.245. The van der Waals surface area contributed by atoms with Crippen molar-refractivity contribution in [3.8, 4) is 0 Å². The topological polar surface area (TPSA) is 78.0 Å². The van der Waals surface area contributed by atoms with Crippen molar-refractivity contribution in [2.75, 3.05) is 14.7 Å². The lowest BCUT2D eigenvalue weighted by Gasteiger charge is -2.27. The van der Waals surface area contributed by atoms with Crippen LogP contribution in [0.4, 0.5) is 51.2 Å². The van der Waals surface area contributed by atoms with Crippen molar-refractivity contribution in [1.82, 2.24) is 0 Å². The molecule has 13 rings (SSSR count). The Morgan fingerprint density at radius 2 is 0.326 bits per heavy atom. The van der Waals surface area contributed by atoms with Crippen molar-refractivity contribution in [1.29, 1.82) is 0 Å². The molecule has 86 heavy (non-hydrogen) atoms. The molecule has 0 amide bonds. The molecule has 11 aromatic rings. The highest BCUT2D eigenvalue weighted by Crippen LogP contribution is 2.45. The number of halogens is 5. The van der Waals surface area contributed by atoms with E-state index in [-0.39, 0.29) is 23.1 Å². The average molecular weight is 1440 g/mol. The van der Waals surface area contributed by atoms with Crippen molar-refractivity contribution in [2.24, 2.45) is 0 Å². The number of carbonyl (C=O) groups is 4. The van der Waals surface area contributed by atoms with Crippen LogP contribution in [0.1, 0.15) is 63.7 Å². The zero-order valence-electron chi connectivity index (χ0n) is 45.3. The fourth-order valence-electron chi connectivity index (χ4n) is 11.3. The summed E-state index contributed by atoms with van der Waals surface area (Å²) in [6, 6.07) is 85.2. The maximum atomic E-state index is 14.9. The molecule has 0 aliphatic heterocycles. The quantitative estimate of drug-likeness (QED) is 0.114. The summed E-state index contributed by atoms with van der Waals surface area (Å²) in [4.78, 5) is 65.9. The summed E-state index contributed by atoms with van der Waals surface area (Å²) in [6.07, 6.45) is 0. The van der Waals surface area contributed by atoms with E-state index in [9.17, 15) is 19.2 Å². The van der Waals surface area contributed by atoms with Gasteiger partial charge in [-0.3, -0.25) is 19.2 Å². The van der Waals surface area contributed by atoms with E-state index in [1.165, 1.54) is 0 Å². The molecule has 0 atom stereocenters. The third-order valence-electron chi connectivity index (χ3n) is 15.3. The zero-order valence-corrected chi connectivity index (χ0v) is 53.2. The number of rotatable bonds is 13. The summed E-state index contributed by atoms with van der Waals surface area (Å²) in [5.41, 5.74) is 12.9. The molecule has 0 bridgehead atoms. The Morgan fingerprint density at radius 1 is 0.186 bits per heavy atom. The molecule has 0 saturated heterocycles. The molecule has 0 N–H and O–H groups in total. The molecule has 7 nitrogen and oxygen atoms in total. The lowest BCUT2D eigenvalue weighted by Crippen LogP contribution is -2.21. The summed E-state index contributed by atoms with van der Waals surface area (Å²) < 4.78 is 4.74. The van der Waals surface area contributed by atoms with Crippen molar-refractivity contribution >= 4 is 176 Å². The number of allylic oxidation sites excluding steroid dienone is 4. The maximum Gasteiger partial charge on any atom is 0.195 e. The second-order valence-electron chi connectivity index (χ2n) is 20.5. The second kappa shape index (κ2) is 24.0. The van der Waals surface area contributed by atoms with E-state index in [0.717, 1.165) is 73.6 Å². The van der Waals surface area contributed by atoms with Gasteiger partial charge in [-0.05, 0) is 192 Å². The Hall–Kier alpha value is -8.62. The molecule has 2 aliphatic rings. The van der Waals surface area contributed by atoms with Crippen LogP contribution in [0.3, 0.4) is 0 Å². The fourth-order valence-corrected chi connectivity index (χ4v) is 12.6. The molecule has 0 spiro atoms. The van der Waals surface area contributed by atoms with E-state index in [4.69, 9.17) is 0 Å². The highest BCUT2D eigenvalue weighted by Gasteiger charge is 2.36. The normalized spacial score (nSPS) is 12.9. The number of ketones is 4. The van der Waals surface area contributed by atoms with Gasteiger partial charge in [0.15, 0.2) is 23.1 Å². The molecule has 0 unspecified atom stereocenters. The van der Waals surface area contributed by atoms with E-state index in [0.29, 0.717) is 66.8 Å². The fraction of sp³-hybridized carbons (Fsp3) is 0. The average Bonchev–Trinajstić information content (AvgIpc) is 0.866. The van der Waals surface area contributed by atoms with Crippen molar-refractivity contribution < 1.29 is 19.2 Å². The molecule has 11 aromatic carbocycles. The van der Waals surface area contributed by atoms with Gasteiger partial charge in [0.25, 0.3) is 0 Å². The van der Waals surface area contributed by atoms with Crippen LogP contribution in [0, 0.1) is 0 Å². The van der Waals surface area contributed by atoms with Crippen LogP contribution in [0.2, 0.25) is 0 Å². The Morgan fingerprint density at radius 3 is 0.477 bits per heavy atom. The Bertz CT molecular complexity index is 4170. The first-order valence-electron chi connectivity index (χ1n) is 27.3. The van der Waals surface area contributed by atoms with Gasteiger partial charge in [0.1, 0.15) is 0 Å². The molecule has 12 heteroatoms. The predicted molar refractivity (Wildman–Crippen MR) is 366 cm³/mol. The largest absolute Gasteiger partial charge is 0.311 e. The zero-order chi connectivity index (χ0) is 59.2. The van der Waals surface area contributed by atoms with Gasteiger partial charge in [-0.15, -0.1) is 0 Å². The number of hydrogen-bond acceptors (Lipinski definition) is 7. The van der Waals surface area contributed by atoms with Crippen molar-refractivity contribution in [3.05, 3.63) is 334 Å². The van der Waals surface area contributed by atoms with E-state index < -0.39 is 0 Å². The number of Topliss-reactive ketones (excluding diaryl/α,β-unsaturated/α-hetero) is 4. The first kappa shape index (κ1) is 56.5. The molecule has 2 aliphatic carbocycles. The van der Waals surface area contributed by atoms with Gasteiger partial charge in [-0.1, -0.05) is 177 Å². The van der Waals surface area contributed by atoms with Gasteiger partial charge in [0.05, 0.1) is 0 Å². The van der Waals surface area contributed by atoms with Crippen LogP contribution in [0.25, 0.3) is 22.3 Å². The Kier molecular flexibility index (Phi) is 15.8.